The van der Waals surface area contributed by atoms with E-state index < -0.39 is 29.0 Å². The molecule has 2 aliphatic rings. The number of anilines is 1. The Morgan fingerprint density at radius 2 is 1.69 bits per heavy atom. The first kappa shape index (κ1) is 33.8. The Bertz CT molecular complexity index is 1960. The van der Waals surface area contributed by atoms with Crippen molar-refractivity contribution in [1.29, 1.82) is 0 Å². The van der Waals surface area contributed by atoms with Crippen molar-refractivity contribution in [3.8, 4) is 27.3 Å². The molecule has 2 aromatic heterocycles. The number of aromatic carboxylic acids is 1. The van der Waals surface area contributed by atoms with Gasteiger partial charge in [-0.3, -0.25) is 14.4 Å². The Hall–Kier alpha value is -5.07. The number of thiophene rings is 1. The lowest BCUT2D eigenvalue weighted by molar-refractivity contribution is -0.128. The normalized spacial score (nSPS) is 14.8. The summed E-state index contributed by atoms with van der Waals surface area (Å²) in [5, 5.41) is 21.0. The van der Waals surface area contributed by atoms with Crippen LogP contribution in [-0.4, -0.2) is 53.0 Å². The molecule has 0 atom stereocenters. The SMILES string of the molecule is CNC(=O)C1(NC(=O)c2ccc(-c3cc4c(cc3C(=O)Nc3c(C)cc(CN)cc3C)-c3sccc3CCO4)c(C(=O)O)n2)CCCCC1. The standard InChI is InChI=1S/C37H39N5O6S/c1-20-15-22(19-38)16-21(2)30(20)41-33(43)26-17-27-29(48-13-9-23-10-14-49-32(23)27)18-25(26)24-7-8-28(40-31(24)35(45)46)34(44)42-37(36(47)39-3)11-5-4-6-12-37/h7-8,10,14-18H,4-6,9,11-13,19,38H2,1-3H3,(H,39,47)(H,41,43)(H,42,44)(H,45,46). The summed E-state index contributed by atoms with van der Waals surface area (Å²) in [5.41, 5.74) is 9.92. The molecule has 3 heterocycles. The average Bonchev–Trinajstić information content (AvgIpc) is 3.50. The number of aryl methyl sites for hydroxylation is 2. The highest BCUT2D eigenvalue weighted by Crippen LogP contribution is 2.43. The highest BCUT2D eigenvalue weighted by atomic mass is 32.1. The van der Waals surface area contributed by atoms with Crippen molar-refractivity contribution in [3.63, 3.8) is 0 Å². The molecule has 3 amide bonds. The van der Waals surface area contributed by atoms with Gasteiger partial charge in [0.1, 0.15) is 17.0 Å². The zero-order valence-corrected chi connectivity index (χ0v) is 28.5. The summed E-state index contributed by atoms with van der Waals surface area (Å²) in [6.45, 7) is 4.55. The number of ether oxygens (including phenoxy) is 1. The van der Waals surface area contributed by atoms with Gasteiger partial charge in [-0.15, -0.1) is 11.3 Å². The molecule has 0 radical (unpaired) electrons. The maximum Gasteiger partial charge on any atom is 0.355 e. The molecule has 12 heteroatoms. The van der Waals surface area contributed by atoms with Crippen LogP contribution in [0, 0.1) is 13.8 Å². The maximum atomic E-state index is 14.3. The van der Waals surface area contributed by atoms with Crippen molar-refractivity contribution in [2.45, 2.75) is 64.5 Å². The first-order valence-corrected chi connectivity index (χ1v) is 17.2. The van der Waals surface area contributed by atoms with E-state index in [1.54, 1.807) is 23.5 Å². The molecule has 0 bridgehead atoms. The van der Waals surface area contributed by atoms with Crippen molar-refractivity contribution >= 4 is 40.7 Å². The van der Waals surface area contributed by atoms with Crippen LogP contribution in [0.3, 0.4) is 0 Å². The van der Waals surface area contributed by atoms with Crippen LogP contribution >= 0.6 is 11.3 Å². The topological polar surface area (TPSA) is 173 Å². The zero-order valence-electron chi connectivity index (χ0n) is 27.7. The van der Waals surface area contributed by atoms with Gasteiger partial charge in [0.25, 0.3) is 11.8 Å². The number of carboxylic acid groups (broad SMARTS) is 1. The third-order valence-electron chi connectivity index (χ3n) is 9.39. The summed E-state index contributed by atoms with van der Waals surface area (Å²) < 4.78 is 6.15. The van der Waals surface area contributed by atoms with Gasteiger partial charge in [-0.1, -0.05) is 31.4 Å². The number of aromatic nitrogens is 1. The van der Waals surface area contributed by atoms with Gasteiger partial charge >= 0.3 is 5.97 Å². The number of amides is 3. The summed E-state index contributed by atoms with van der Waals surface area (Å²) in [6, 6.07) is 12.2. The van der Waals surface area contributed by atoms with Crippen molar-refractivity contribution in [2.24, 2.45) is 5.73 Å². The van der Waals surface area contributed by atoms with Crippen LogP contribution in [0.1, 0.15) is 85.7 Å². The fourth-order valence-corrected chi connectivity index (χ4v) is 7.90. The predicted octanol–water partition coefficient (Wildman–Crippen LogP) is 5.62. The summed E-state index contributed by atoms with van der Waals surface area (Å²) >= 11 is 1.54. The van der Waals surface area contributed by atoms with Gasteiger partial charge in [-0.2, -0.15) is 0 Å². The first-order chi connectivity index (χ1) is 23.5. The number of nitrogens with zero attached hydrogens (tertiary/aromatic N) is 1. The molecule has 1 saturated carbocycles. The number of nitrogens with two attached hydrogens (primary N) is 1. The monoisotopic (exact) mass is 681 g/mol. The Morgan fingerprint density at radius 1 is 0.959 bits per heavy atom. The minimum atomic E-state index is -1.38. The minimum Gasteiger partial charge on any atom is -0.493 e. The largest absolute Gasteiger partial charge is 0.493 e. The van der Waals surface area contributed by atoms with E-state index >= 15 is 0 Å². The van der Waals surface area contributed by atoms with Crippen LogP contribution in [0.2, 0.25) is 0 Å². The Kier molecular flexibility index (Phi) is 9.53. The molecule has 6 rings (SSSR count). The number of rotatable bonds is 8. The van der Waals surface area contributed by atoms with E-state index in [2.05, 4.69) is 20.9 Å². The van der Waals surface area contributed by atoms with Crippen molar-refractivity contribution in [2.75, 3.05) is 19.0 Å². The summed E-state index contributed by atoms with van der Waals surface area (Å²) in [7, 11) is 1.52. The second-order valence-electron chi connectivity index (χ2n) is 12.6. The van der Waals surface area contributed by atoms with E-state index in [-0.39, 0.29) is 28.3 Å². The molecule has 0 saturated heterocycles. The molecule has 0 spiro atoms. The Morgan fingerprint density at radius 3 is 2.37 bits per heavy atom. The van der Waals surface area contributed by atoms with Crippen LogP contribution in [0.25, 0.3) is 21.6 Å². The van der Waals surface area contributed by atoms with Crippen LogP contribution in [0.4, 0.5) is 5.69 Å². The number of carbonyl (C=O) groups is 4. The second-order valence-corrected chi connectivity index (χ2v) is 13.5. The van der Waals surface area contributed by atoms with Gasteiger partial charge < -0.3 is 31.5 Å². The summed E-state index contributed by atoms with van der Waals surface area (Å²) in [4.78, 5) is 58.7. The van der Waals surface area contributed by atoms with E-state index in [1.807, 2.05) is 37.4 Å². The highest BCUT2D eigenvalue weighted by molar-refractivity contribution is 7.13. The molecular weight excluding hydrogens is 643 g/mol. The number of hydrogen-bond acceptors (Lipinski definition) is 8. The van der Waals surface area contributed by atoms with Gasteiger partial charge in [-0.25, -0.2) is 9.78 Å². The number of fused-ring (bicyclic) bond motifs is 3. The molecule has 49 heavy (non-hydrogen) atoms. The fourth-order valence-electron chi connectivity index (χ4n) is 6.93. The van der Waals surface area contributed by atoms with Gasteiger partial charge in [0, 0.05) is 52.8 Å². The molecule has 1 fully saturated rings. The third-order valence-corrected chi connectivity index (χ3v) is 10.4. The molecule has 11 nitrogen and oxygen atoms in total. The number of hydrogen-bond donors (Lipinski definition) is 5. The van der Waals surface area contributed by atoms with Gasteiger partial charge in [-0.05, 0) is 84.7 Å². The lowest BCUT2D eigenvalue weighted by Gasteiger charge is -2.36. The fraction of sp³-hybridized carbons (Fsp3) is 0.324. The van der Waals surface area contributed by atoms with Gasteiger partial charge in [0.05, 0.1) is 6.61 Å². The van der Waals surface area contributed by atoms with Crippen LogP contribution in [-0.2, 0) is 17.8 Å². The highest BCUT2D eigenvalue weighted by Gasteiger charge is 2.41. The van der Waals surface area contributed by atoms with Crippen LogP contribution in [0.15, 0.2) is 47.8 Å². The van der Waals surface area contributed by atoms with Crippen molar-refractivity contribution in [3.05, 3.63) is 87.0 Å². The lowest BCUT2D eigenvalue weighted by Crippen LogP contribution is -2.59. The molecule has 2 aromatic carbocycles. The van der Waals surface area contributed by atoms with Gasteiger partial charge in [0.15, 0.2) is 5.69 Å². The number of carbonyl (C=O) groups excluding carboxylic acids is 3. The second kappa shape index (κ2) is 13.8. The molecule has 6 N–H and O–H groups in total. The minimum absolute atomic E-state index is 0.141. The third kappa shape index (κ3) is 6.53. The predicted molar refractivity (Wildman–Crippen MR) is 188 cm³/mol. The van der Waals surface area contributed by atoms with E-state index in [0.29, 0.717) is 43.9 Å². The zero-order chi connectivity index (χ0) is 34.9. The van der Waals surface area contributed by atoms with E-state index in [0.717, 1.165) is 52.0 Å². The smallest absolute Gasteiger partial charge is 0.355 e. The van der Waals surface area contributed by atoms with Crippen LogP contribution in [0.5, 0.6) is 5.75 Å². The molecule has 1 aliphatic carbocycles. The molecule has 1 aliphatic heterocycles. The van der Waals surface area contributed by atoms with E-state index in [9.17, 15) is 24.3 Å². The Balaban J connectivity index is 1.46. The number of pyridine rings is 1. The molecule has 4 aromatic rings. The molecular formula is C37H39N5O6S. The van der Waals surface area contributed by atoms with E-state index in [1.165, 1.54) is 19.2 Å². The molecule has 254 valence electrons. The first-order valence-electron chi connectivity index (χ1n) is 16.3. The van der Waals surface area contributed by atoms with Gasteiger partial charge in [0.2, 0.25) is 5.91 Å². The number of carboxylic acids is 1. The quantitative estimate of drug-likeness (QED) is 0.160. The average molecular weight is 682 g/mol. The molecule has 0 unspecified atom stereocenters. The van der Waals surface area contributed by atoms with Crippen LogP contribution < -0.4 is 26.4 Å². The van der Waals surface area contributed by atoms with E-state index in [4.69, 9.17) is 10.5 Å². The maximum absolute atomic E-state index is 14.3. The lowest BCUT2D eigenvalue weighted by atomic mass is 9.80. The number of benzene rings is 2. The van der Waals surface area contributed by atoms with Crippen molar-refractivity contribution < 1.29 is 29.0 Å². The Labute approximate surface area is 288 Å². The number of likely N-dealkylation sites (N-methyl/N-ethyl adjacent to an activating group) is 1. The summed E-state index contributed by atoms with van der Waals surface area (Å²) in [6.07, 6.45) is 4.12. The number of nitrogens with one attached hydrogen (secondary N) is 3. The summed E-state index contributed by atoms with van der Waals surface area (Å²) in [5.74, 6) is -2.27. The van der Waals surface area contributed by atoms with Crippen molar-refractivity contribution in [1.82, 2.24) is 15.6 Å².